The van der Waals surface area contributed by atoms with Crippen LogP contribution in [0.5, 0.6) is 5.75 Å². The highest BCUT2D eigenvalue weighted by atomic mass is 35.5. The van der Waals surface area contributed by atoms with E-state index in [4.69, 9.17) is 22.1 Å². The number of aromatic nitrogens is 1. The summed E-state index contributed by atoms with van der Waals surface area (Å²) in [5.74, 6) is 2.61. The van der Waals surface area contributed by atoms with Gasteiger partial charge in [-0.2, -0.15) is 0 Å². The number of rotatable bonds is 7. The number of aliphatic hydroxyl groups is 1. The highest BCUT2D eigenvalue weighted by Crippen LogP contribution is 2.27. The lowest BCUT2D eigenvalue weighted by Gasteiger charge is -2.32. The van der Waals surface area contributed by atoms with Crippen LogP contribution in [0.25, 0.3) is 0 Å². The van der Waals surface area contributed by atoms with Gasteiger partial charge >= 0.3 is 0 Å². The largest absolute Gasteiger partial charge is 0.494 e. The van der Waals surface area contributed by atoms with Crippen molar-refractivity contribution in [3.05, 3.63) is 52.2 Å². The maximum absolute atomic E-state index is 9.66. The third kappa shape index (κ3) is 5.37. The Morgan fingerprint density at radius 2 is 1.93 bits per heavy atom. The predicted octanol–water partition coefficient (Wildman–Crippen LogP) is 4.38. The number of nitrogens with zero attached hydrogens (tertiary/aromatic N) is 2. The van der Waals surface area contributed by atoms with Crippen molar-refractivity contribution < 1.29 is 9.84 Å². The lowest BCUT2D eigenvalue weighted by atomic mass is 9.92. The second-order valence-corrected chi connectivity index (χ2v) is 8.11. The molecule has 2 heterocycles. The molecular formula is C22H30ClN3O2. The van der Waals surface area contributed by atoms with Crippen LogP contribution >= 0.6 is 11.6 Å². The van der Waals surface area contributed by atoms with Crippen molar-refractivity contribution in [3.63, 3.8) is 0 Å². The number of ether oxygens (including phenoxy) is 1. The van der Waals surface area contributed by atoms with Crippen molar-refractivity contribution in [2.45, 2.75) is 45.8 Å². The number of hydrogen-bond donors (Lipinski definition) is 2. The average Bonchev–Trinajstić information content (AvgIpc) is 2.65. The van der Waals surface area contributed by atoms with E-state index in [1.54, 1.807) is 6.20 Å². The summed E-state index contributed by atoms with van der Waals surface area (Å²) in [6, 6.07) is 7.80. The molecule has 1 fully saturated rings. The fourth-order valence-corrected chi connectivity index (χ4v) is 4.16. The van der Waals surface area contributed by atoms with Gasteiger partial charge in [-0.3, -0.25) is 0 Å². The molecule has 0 aliphatic carbocycles. The lowest BCUT2D eigenvalue weighted by Crippen LogP contribution is -2.34. The van der Waals surface area contributed by atoms with E-state index in [1.807, 2.05) is 38.1 Å². The molecule has 3 rings (SSSR count). The highest BCUT2D eigenvalue weighted by molar-refractivity contribution is 6.30. The second kappa shape index (κ2) is 9.59. The van der Waals surface area contributed by atoms with Gasteiger partial charge in [-0.15, -0.1) is 0 Å². The molecule has 28 heavy (non-hydrogen) atoms. The van der Waals surface area contributed by atoms with E-state index in [9.17, 15) is 5.11 Å². The van der Waals surface area contributed by atoms with Gasteiger partial charge in [0.25, 0.3) is 0 Å². The number of aliphatic hydroxyl groups excluding tert-OH is 1. The van der Waals surface area contributed by atoms with E-state index < -0.39 is 6.23 Å². The number of nitrogens with two attached hydrogens (primary N) is 1. The minimum Gasteiger partial charge on any atom is -0.494 e. The first-order chi connectivity index (χ1) is 13.4. The van der Waals surface area contributed by atoms with Gasteiger partial charge in [0.2, 0.25) is 0 Å². The molecule has 3 N–H and O–H groups in total. The highest BCUT2D eigenvalue weighted by Gasteiger charge is 2.20. The molecule has 1 aromatic carbocycles. The molecule has 5 nitrogen and oxygen atoms in total. The van der Waals surface area contributed by atoms with Gasteiger partial charge in [0.1, 0.15) is 17.8 Å². The van der Waals surface area contributed by atoms with Gasteiger partial charge in [0.15, 0.2) is 0 Å². The number of benzene rings is 1. The normalized spacial score (nSPS) is 16.2. The number of pyridine rings is 1. The Balaban J connectivity index is 1.40. The van der Waals surface area contributed by atoms with Crippen LogP contribution in [-0.2, 0) is 0 Å². The SMILES string of the molecule is Cc1cc(OCCCC2CCN(c3ccc(Cl)cn3)CC2)cc(C)c1C(N)O. The van der Waals surface area contributed by atoms with E-state index in [2.05, 4.69) is 9.88 Å². The first-order valence-electron chi connectivity index (χ1n) is 9.98. The third-order valence-electron chi connectivity index (χ3n) is 5.54. The average molecular weight is 404 g/mol. The van der Waals surface area contributed by atoms with Gasteiger partial charge < -0.3 is 20.5 Å². The molecule has 0 bridgehead atoms. The standard InChI is InChI=1S/C22H30ClN3O2/c1-15-12-19(13-16(2)21(15)22(24)27)28-11-3-4-17-7-9-26(10-8-17)20-6-5-18(23)14-25-20/h5-6,12-14,17,22,27H,3-4,7-11,24H2,1-2H3. The number of anilines is 1. The van der Waals surface area contributed by atoms with E-state index in [0.29, 0.717) is 11.6 Å². The summed E-state index contributed by atoms with van der Waals surface area (Å²) in [5, 5.41) is 10.3. The van der Waals surface area contributed by atoms with E-state index in [0.717, 1.165) is 53.7 Å². The minimum atomic E-state index is -0.942. The Kier molecular flexibility index (Phi) is 7.16. The molecule has 1 aliphatic rings. The molecule has 0 radical (unpaired) electrons. The van der Waals surface area contributed by atoms with Gasteiger partial charge in [-0.25, -0.2) is 4.98 Å². The monoisotopic (exact) mass is 403 g/mol. The summed E-state index contributed by atoms with van der Waals surface area (Å²) in [6.07, 6.45) is 5.37. The molecule has 2 aromatic rings. The zero-order chi connectivity index (χ0) is 20.1. The van der Waals surface area contributed by atoms with Gasteiger partial charge in [-0.05, 0) is 80.8 Å². The molecule has 152 valence electrons. The minimum absolute atomic E-state index is 0.679. The van der Waals surface area contributed by atoms with E-state index in [1.165, 1.54) is 19.3 Å². The van der Waals surface area contributed by atoms with Crippen LogP contribution in [0.4, 0.5) is 5.82 Å². The summed E-state index contributed by atoms with van der Waals surface area (Å²) >= 11 is 5.92. The van der Waals surface area contributed by atoms with Crippen LogP contribution in [0.3, 0.4) is 0 Å². The first kappa shape index (κ1) is 20.9. The summed E-state index contributed by atoms with van der Waals surface area (Å²) in [4.78, 5) is 6.75. The Hall–Kier alpha value is -1.82. The van der Waals surface area contributed by atoms with Crippen molar-refractivity contribution in [2.75, 3.05) is 24.6 Å². The first-order valence-corrected chi connectivity index (χ1v) is 10.4. The number of aryl methyl sites for hydroxylation is 2. The zero-order valence-electron chi connectivity index (χ0n) is 16.7. The maximum Gasteiger partial charge on any atom is 0.129 e. The number of hydrogen-bond acceptors (Lipinski definition) is 5. The Labute approximate surface area is 172 Å². The maximum atomic E-state index is 9.66. The van der Waals surface area contributed by atoms with Gasteiger partial charge in [0.05, 0.1) is 11.6 Å². The smallest absolute Gasteiger partial charge is 0.129 e. The number of piperidine rings is 1. The zero-order valence-corrected chi connectivity index (χ0v) is 17.5. The molecule has 0 saturated carbocycles. The Morgan fingerprint density at radius 3 is 2.50 bits per heavy atom. The van der Waals surface area contributed by atoms with Crippen LogP contribution in [-0.4, -0.2) is 29.8 Å². The molecule has 1 aliphatic heterocycles. The van der Waals surface area contributed by atoms with E-state index in [-0.39, 0.29) is 0 Å². The van der Waals surface area contributed by atoms with E-state index >= 15 is 0 Å². The van der Waals surface area contributed by atoms with Crippen molar-refractivity contribution in [3.8, 4) is 5.75 Å². The second-order valence-electron chi connectivity index (χ2n) is 7.67. The Bertz CT molecular complexity index is 749. The van der Waals surface area contributed by atoms with Crippen LogP contribution in [0, 0.1) is 19.8 Å². The van der Waals surface area contributed by atoms with Crippen molar-refractivity contribution >= 4 is 17.4 Å². The van der Waals surface area contributed by atoms with Crippen LogP contribution < -0.4 is 15.4 Å². The van der Waals surface area contributed by atoms with Crippen LogP contribution in [0.15, 0.2) is 30.5 Å². The van der Waals surface area contributed by atoms with Gasteiger partial charge in [-0.1, -0.05) is 11.6 Å². The lowest BCUT2D eigenvalue weighted by molar-refractivity contribution is 0.184. The molecule has 0 amide bonds. The molecule has 1 saturated heterocycles. The summed E-state index contributed by atoms with van der Waals surface area (Å²) < 4.78 is 5.94. The van der Waals surface area contributed by atoms with Crippen LogP contribution in [0.2, 0.25) is 5.02 Å². The molecule has 1 aromatic heterocycles. The molecule has 1 atom stereocenters. The van der Waals surface area contributed by atoms with Crippen molar-refractivity contribution in [1.82, 2.24) is 4.98 Å². The molecular weight excluding hydrogens is 374 g/mol. The fraction of sp³-hybridized carbons (Fsp3) is 0.500. The molecule has 6 heteroatoms. The Morgan fingerprint density at radius 1 is 1.25 bits per heavy atom. The van der Waals surface area contributed by atoms with Crippen molar-refractivity contribution in [1.29, 1.82) is 0 Å². The number of halogens is 1. The topological polar surface area (TPSA) is 71.6 Å². The van der Waals surface area contributed by atoms with Crippen molar-refractivity contribution in [2.24, 2.45) is 11.7 Å². The van der Waals surface area contributed by atoms with Crippen LogP contribution in [0.1, 0.15) is 48.6 Å². The summed E-state index contributed by atoms with van der Waals surface area (Å²) in [5.41, 5.74) is 8.34. The third-order valence-corrected chi connectivity index (χ3v) is 5.76. The molecule has 1 unspecified atom stereocenters. The van der Waals surface area contributed by atoms with Gasteiger partial charge in [0, 0.05) is 24.8 Å². The predicted molar refractivity (Wildman–Crippen MR) is 114 cm³/mol. The summed E-state index contributed by atoms with van der Waals surface area (Å²) in [7, 11) is 0. The fourth-order valence-electron chi connectivity index (χ4n) is 4.05. The quantitative estimate of drug-likeness (QED) is 0.530. The summed E-state index contributed by atoms with van der Waals surface area (Å²) in [6.45, 7) is 6.70. The molecule has 0 spiro atoms.